The van der Waals surface area contributed by atoms with Crippen LogP contribution in [0.1, 0.15) is 13.3 Å². The molecular formula is C14H25N3O4. The van der Waals surface area contributed by atoms with Crippen molar-refractivity contribution in [1.29, 1.82) is 0 Å². The largest absolute Gasteiger partial charge is 0.480 e. The zero-order valence-electron chi connectivity index (χ0n) is 12.8. The van der Waals surface area contributed by atoms with Crippen molar-refractivity contribution in [2.45, 2.75) is 19.4 Å². The number of aliphatic carboxylic acids is 1. The van der Waals surface area contributed by atoms with Crippen LogP contribution in [0.4, 0.5) is 4.79 Å². The Bertz CT molecular complexity index is 382. The average Bonchev–Trinajstić information content (AvgIpc) is 2.47. The second-order valence-corrected chi connectivity index (χ2v) is 5.93. The van der Waals surface area contributed by atoms with Crippen LogP contribution in [-0.4, -0.2) is 90.8 Å². The number of methoxy groups -OCH3 is 1. The summed E-state index contributed by atoms with van der Waals surface area (Å²) in [6, 6.07) is 0.0546. The molecule has 0 aliphatic carbocycles. The highest BCUT2D eigenvalue weighted by molar-refractivity contribution is 5.75. The van der Waals surface area contributed by atoms with Crippen molar-refractivity contribution in [1.82, 2.24) is 14.7 Å². The summed E-state index contributed by atoms with van der Waals surface area (Å²) in [5, 5.41) is 8.78. The predicted molar refractivity (Wildman–Crippen MR) is 77.2 cm³/mol. The molecule has 0 aromatic carbocycles. The molecule has 120 valence electrons. The number of urea groups is 1. The van der Waals surface area contributed by atoms with Gasteiger partial charge in [0.1, 0.15) is 0 Å². The topological polar surface area (TPSA) is 73.3 Å². The molecule has 2 unspecified atom stereocenters. The number of likely N-dealkylation sites (tertiary alicyclic amines) is 1. The van der Waals surface area contributed by atoms with Gasteiger partial charge in [0.15, 0.2) is 0 Å². The highest BCUT2D eigenvalue weighted by Crippen LogP contribution is 2.20. The molecule has 0 aromatic rings. The van der Waals surface area contributed by atoms with Crippen molar-refractivity contribution in [2.24, 2.45) is 5.92 Å². The number of carboxylic acid groups (broad SMARTS) is 1. The Morgan fingerprint density at radius 3 is 2.38 bits per heavy atom. The molecule has 2 atom stereocenters. The highest BCUT2D eigenvalue weighted by Gasteiger charge is 2.32. The van der Waals surface area contributed by atoms with Gasteiger partial charge in [-0.05, 0) is 12.3 Å². The molecule has 2 fully saturated rings. The summed E-state index contributed by atoms with van der Waals surface area (Å²) in [6.45, 7) is 6.05. The number of piperidine rings is 1. The van der Waals surface area contributed by atoms with Gasteiger partial charge in [-0.2, -0.15) is 0 Å². The van der Waals surface area contributed by atoms with Gasteiger partial charge in [-0.15, -0.1) is 0 Å². The maximum absolute atomic E-state index is 12.5. The minimum atomic E-state index is -0.817. The van der Waals surface area contributed by atoms with Gasteiger partial charge < -0.3 is 19.6 Å². The van der Waals surface area contributed by atoms with Gasteiger partial charge in [0, 0.05) is 46.4 Å². The van der Waals surface area contributed by atoms with E-state index in [1.165, 1.54) is 0 Å². The normalized spacial score (nSPS) is 27.7. The lowest BCUT2D eigenvalue weighted by Gasteiger charge is -2.41. The van der Waals surface area contributed by atoms with Crippen molar-refractivity contribution < 1.29 is 19.4 Å². The third-order valence-corrected chi connectivity index (χ3v) is 4.46. The predicted octanol–water partition coefficient (Wildman–Crippen LogP) is 0.165. The van der Waals surface area contributed by atoms with Crippen LogP contribution in [0.5, 0.6) is 0 Å². The summed E-state index contributed by atoms with van der Waals surface area (Å²) in [5.41, 5.74) is 0. The maximum Gasteiger partial charge on any atom is 0.320 e. The lowest BCUT2D eigenvalue weighted by Crippen LogP contribution is -2.56. The SMILES string of the molecule is COC1CN(C(=O)N2CCN(CC(=O)O)CC2)CCC1C. The first-order chi connectivity index (χ1) is 10.0. The van der Waals surface area contributed by atoms with E-state index in [2.05, 4.69) is 6.92 Å². The average molecular weight is 299 g/mol. The third-order valence-electron chi connectivity index (χ3n) is 4.46. The van der Waals surface area contributed by atoms with E-state index in [4.69, 9.17) is 9.84 Å². The number of carbonyl (C=O) groups excluding carboxylic acids is 1. The van der Waals surface area contributed by atoms with Gasteiger partial charge in [0.05, 0.1) is 12.6 Å². The van der Waals surface area contributed by atoms with Crippen LogP contribution in [0.15, 0.2) is 0 Å². The van der Waals surface area contributed by atoms with Crippen molar-refractivity contribution in [2.75, 3.05) is 52.9 Å². The van der Waals surface area contributed by atoms with Crippen LogP contribution in [0.3, 0.4) is 0 Å². The smallest absolute Gasteiger partial charge is 0.320 e. The second kappa shape index (κ2) is 7.09. The van der Waals surface area contributed by atoms with Crippen LogP contribution in [-0.2, 0) is 9.53 Å². The van der Waals surface area contributed by atoms with Gasteiger partial charge in [-0.3, -0.25) is 9.69 Å². The third kappa shape index (κ3) is 4.07. The molecule has 0 spiro atoms. The van der Waals surface area contributed by atoms with Gasteiger partial charge in [-0.1, -0.05) is 6.92 Å². The summed E-state index contributed by atoms with van der Waals surface area (Å²) >= 11 is 0. The molecule has 2 saturated heterocycles. The van der Waals surface area contributed by atoms with E-state index in [1.54, 1.807) is 7.11 Å². The number of ether oxygens (including phenoxy) is 1. The molecule has 0 radical (unpaired) electrons. The molecule has 2 aliphatic rings. The van der Waals surface area contributed by atoms with Crippen molar-refractivity contribution in [3.63, 3.8) is 0 Å². The Morgan fingerprint density at radius 2 is 1.81 bits per heavy atom. The number of carboxylic acids is 1. The fourth-order valence-corrected chi connectivity index (χ4v) is 3.00. The van der Waals surface area contributed by atoms with Crippen LogP contribution < -0.4 is 0 Å². The van der Waals surface area contributed by atoms with E-state index in [-0.39, 0.29) is 18.7 Å². The minimum absolute atomic E-state index is 0.0506. The Balaban J connectivity index is 1.83. The molecule has 7 heteroatoms. The standard InChI is InChI=1S/C14H25N3O4/c1-11-3-4-17(9-12(11)21-2)14(20)16-7-5-15(6-8-16)10-13(18)19/h11-12H,3-10H2,1-2H3,(H,18,19). The lowest BCUT2D eigenvalue weighted by molar-refractivity contribution is -0.138. The first kappa shape index (κ1) is 16.0. The molecule has 1 N–H and O–H groups in total. The molecule has 21 heavy (non-hydrogen) atoms. The number of piperazine rings is 1. The molecule has 2 amide bonds. The van der Waals surface area contributed by atoms with Gasteiger partial charge >= 0.3 is 12.0 Å². The quantitative estimate of drug-likeness (QED) is 0.804. The number of rotatable bonds is 3. The van der Waals surface area contributed by atoms with Gasteiger partial charge in [0.25, 0.3) is 0 Å². The second-order valence-electron chi connectivity index (χ2n) is 5.93. The lowest BCUT2D eigenvalue weighted by atomic mass is 9.96. The van der Waals surface area contributed by atoms with E-state index in [0.29, 0.717) is 38.6 Å². The van der Waals surface area contributed by atoms with Crippen LogP contribution >= 0.6 is 0 Å². The van der Waals surface area contributed by atoms with E-state index in [0.717, 1.165) is 13.0 Å². The summed E-state index contributed by atoms with van der Waals surface area (Å²) in [7, 11) is 1.69. The molecule has 0 bridgehead atoms. The van der Waals surface area contributed by atoms with Crippen LogP contribution in [0, 0.1) is 5.92 Å². The highest BCUT2D eigenvalue weighted by atomic mass is 16.5. The van der Waals surface area contributed by atoms with E-state index >= 15 is 0 Å². The zero-order valence-corrected chi connectivity index (χ0v) is 12.8. The summed E-state index contributed by atoms with van der Waals surface area (Å²) in [4.78, 5) is 28.7. The number of nitrogens with zero attached hydrogens (tertiary/aromatic N) is 3. The molecule has 0 aromatic heterocycles. The van der Waals surface area contributed by atoms with Gasteiger partial charge in [0.2, 0.25) is 0 Å². The maximum atomic E-state index is 12.5. The van der Waals surface area contributed by atoms with Crippen molar-refractivity contribution >= 4 is 12.0 Å². The first-order valence-electron chi connectivity index (χ1n) is 7.52. The van der Waals surface area contributed by atoms with Crippen molar-refractivity contribution in [3.05, 3.63) is 0 Å². The van der Waals surface area contributed by atoms with E-state index in [9.17, 15) is 9.59 Å². The Morgan fingerprint density at radius 1 is 1.14 bits per heavy atom. The number of hydrogen-bond donors (Lipinski definition) is 1. The Hall–Kier alpha value is -1.34. The molecule has 2 aliphatic heterocycles. The van der Waals surface area contributed by atoms with E-state index in [1.807, 2.05) is 14.7 Å². The number of carbonyl (C=O) groups is 2. The number of amides is 2. The summed E-state index contributed by atoms with van der Waals surface area (Å²) in [6.07, 6.45) is 1.07. The van der Waals surface area contributed by atoms with Crippen LogP contribution in [0.2, 0.25) is 0 Å². The number of hydrogen-bond acceptors (Lipinski definition) is 4. The fraction of sp³-hybridized carbons (Fsp3) is 0.857. The zero-order chi connectivity index (χ0) is 15.4. The molecule has 2 heterocycles. The summed E-state index contributed by atoms with van der Waals surface area (Å²) in [5.74, 6) is -0.339. The minimum Gasteiger partial charge on any atom is -0.480 e. The molecule has 2 rings (SSSR count). The fourth-order valence-electron chi connectivity index (χ4n) is 3.00. The van der Waals surface area contributed by atoms with E-state index < -0.39 is 5.97 Å². The molecular weight excluding hydrogens is 274 g/mol. The first-order valence-corrected chi connectivity index (χ1v) is 7.52. The van der Waals surface area contributed by atoms with Crippen LogP contribution in [0.25, 0.3) is 0 Å². The summed E-state index contributed by atoms with van der Waals surface area (Å²) < 4.78 is 5.45. The van der Waals surface area contributed by atoms with Gasteiger partial charge in [-0.25, -0.2) is 4.79 Å². The van der Waals surface area contributed by atoms with Crippen molar-refractivity contribution in [3.8, 4) is 0 Å². The molecule has 0 saturated carbocycles. The molecule has 7 nitrogen and oxygen atoms in total. The Kier molecular flexibility index (Phi) is 5.41. The monoisotopic (exact) mass is 299 g/mol. The Labute approximate surface area is 125 Å².